The minimum Gasteiger partial charge on any atom is -0.349 e. The van der Waals surface area contributed by atoms with Gasteiger partial charge < -0.3 is 15.4 Å². The molecular weight excluding hydrogens is 259 g/mol. The molecule has 1 aliphatic heterocycles. The van der Waals surface area contributed by atoms with Gasteiger partial charge in [0.15, 0.2) is 0 Å². The Morgan fingerprint density at radius 1 is 1.50 bits per heavy atom. The molecular formula is C15H19FN2O2. The van der Waals surface area contributed by atoms with Crippen molar-refractivity contribution >= 4 is 12.2 Å². The molecule has 1 heterocycles. The van der Waals surface area contributed by atoms with E-state index in [-0.39, 0.29) is 24.2 Å². The second kappa shape index (κ2) is 6.13. The molecule has 5 heteroatoms. The summed E-state index contributed by atoms with van der Waals surface area (Å²) in [6, 6.07) is 6.00. The Morgan fingerprint density at radius 3 is 3.00 bits per heavy atom. The van der Waals surface area contributed by atoms with Crippen LogP contribution in [0.5, 0.6) is 0 Å². The van der Waals surface area contributed by atoms with Gasteiger partial charge in [-0.05, 0) is 37.6 Å². The number of amides is 1. The van der Waals surface area contributed by atoms with E-state index in [1.165, 1.54) is 12.1 Å². The molecule has 2 unspecified atom stereocenters. The van der Waals surface area contributed by atoms with Crippen LogP contribution in [0.1, 0.15) is 31.4 Å². The maximum atomic E-state index is 13.3. The summed E-state index contributed by atoms with van der Waals surface area (Å²) in [5.41, 5.74) is -0.0104. The number of rotatable bonds is 3. The third-order valence-corrected chi connectivity index (χ3v) is 3.76. The van der Waals surface area contributed by atoms with Gasteiger partial charge in [-0.15, -0.1) is 0 Å². The number of hydrogen-bond donors (Lipinski definition) is 2. The monoisotopic (exact) mass is 278 g/mol. The van der Waals surface area contributed by atoms with Gasteiger partial charge in [0, 0.05) is 13.0 Å². The minimum absolute atomic E-state index is 0.168. The van der Waals surface area contributed by atoms with Crippen LogP contribution in [-0.2, 0) is 9.59 Å². The average molecular weight is 278 g/mol. The zero-order valence-corrected chi connectivity index (χ0v) is 11.5. The van der Waals surface area contributed by atoms with Crippen molar-refractivity contribution in [1.29, 1.82) is 0 Å². The van der Waals surface area contributed by atoms with Crippen LogP contribution in [-0.4, -0.2) is 25.3 Å². The standard InChI is InChI=1S/C15H19FN2O2/c1-15(6-8-19)10-17-7-5-13(18-14(15)20)11-3-2-4-12(16)9-11/h2-4,8-9,13,17H,5-7,10H2,1H3,(H,18,20). The Kier molecular flexibility index (Phi) is 4.49. The molecule has 0 saturated carbocycles. The van der Waals surface area contributed by atoms with Gasteiger partial charge in [0.2, 0.25) is 5.91 Å². The van der Waals surface area contributed by atoms with Crippen molar-refractivity contribution in [3.05, 3.63) is 35.6 Å². The third kappa shape index (κ3) is 3.22. The maximum absolute atomic E-state index is 13.3. The van der Waals surface area contributed by atoms with Crippen LogP contribution in [0.25, 0.3) is 0 Å². The normalized spacial score (nSPS) is 27.3. The molecule has 2 atom stereocenters. The molecule has 20 heavy (non-hydrogen) atoms. The first-order chi connectivity index (χ1) is 9.55. The van der Waals surface area contributed by atoms with E-state index in [0.29, 0.717) is 19.5 Å². The maximum Gasteiger partial charge on any atom is 0.228 e. The molecule has 0 aliphatic carbocycles. The van der Waals surface area contributed by atoms with E-state index >= 15 is 0 Å². The molecule has 1 saturated heterocycles. The Labute approximate surface area is 117 Å². The summed E-state index contributed by atoms with van der Waals surface area (Å²) in [6.07, 6.45) is 1.62. The van der Waals surface area contributed by atoms with Crippen LogP contribution in [0.4, 0.5) is 4.39 Å². The van der Waals surface area contributed by atoms with Gasteiger partial charge in [0.1, 0.15) is 12.1 Å². The molecule has 108 valence electrons. The van der Waals surface area contributed by atoms with Crippen LogP contribution in [0.15, 0.2) is 24.3 Å². The van der Waals surface area contributed by atoms with E-state index in [9.17, 15) is 14.0 Å². The lowest BCUT2D eigenvalue weighted by atomic mass is 9.84. The molecule has 0 bridgehead atoms. The highest BCUT2D eigenvalue weighted by Gasteiger charge is 2.35. The van der Waals surface area contributed by atoms with Crippen LogP contribution in [0.3, 0.4) is 0 Å². The van der Waals surface area contributed by atoms with Gasteiger partial charge in [-0.1, -0.05) is 12.1 Å². The lowest BCUT2D eigenvalue weighted by molar-refractivity contribution is -0.133. The SMILES string of the molecule is CC1(CC=O)CNCCC(c2cccc(F)c2)NC1=O. The van der Waals surface area contributed by atoms with Gasteiger partial charge in [-0.3, -0.25) is 4.79 Å². The molecule has 1 aromatic rings. The summed E-state index contributed by atoms with van der Waals surface area (Å²) in [7, 11) is 0. The summed E-state index contributed by atoms with van der Waals surface area (Å²) in [4.78, 5) is 23.1. The highest BCUT2D eigenvalue weighted by atomic mass is 19.1. The van der Waals surface area contributed by atoms with Gasteiger partial charge in [0.05, 0.1) is 11.5 Å². The Morgan fingerprint density at radius 2 is 2.30 bits per heavy atom. The fourth-order valence-electron chi connectivity index (χ4n) is 2.42. The molecule has 4 nitrogen and oxygen atoms in total. The zero-order chi connectivity index (χ0) is 14.6. The topological polar surface area (TPSA) is 58.2 Å². The highest BCUT2D eigenvalue weighted by Crippen LogP contribution is 2.25. The molecule has 0 radical (unpaired) electrons. The van der Waals surface area contributed by atoms with Crippen molar-refractivity contribution in [3.63, 3.8) is 0 Å². The number of carbonyl (C=O) groups excluding carboxylic acids is 2. The van der Waals surface area contributed by atoms with Crippen molar-refractivity contribution in [1.82, 2.24) is 10.6 Å². The molecule has 1 fully saturated rings. The Balaban J connectivity index is 2.20. The lowest BCUT2D eigenvalue weighted by Crippen LogP contribution is -2.49. The van der Waals surface area contributed by atoms with Crippen molar-refractivity contribution in [2.45, 2.75) is 25.8 Å². The van der Waals surface area contributed by atoms with Gasteiger partial charge in [0.25, 0.3) is 0 Å². The van der Waals surface area contributed by atoms with Crippen molar-refractivity contribution < 1.29 is 14.0 Å². The summed E-state index contributed by atoms with van der Waals surface area (Å²) in [6.45, 7) is 2.93. The van der Waals surface area contributed by atoms with Crippen molar-refractivity contribution in [3.8, 4) is 0 Å². The molecule has 1 aromatic carbocycles. The number of hydrogen-bond acceptors (Lipinski definition) is 3. The van der Waals surface area contributed by atoms with Crippen molar-refractivity contribution in [2.75, 3.05) is 13.1 Å². The quantitative estimate of drug-likeness (QED) is 0.825. The molecule has 0 aromatic heterocycles. The predicted octanol–water partition coefficient (Wildman–Crippen LogP) is 1.57. The first-order valence-electron chi connectivity index (χ1n) is 6.76. The van der Waals surface area contributed by atoms with E-state index in [2.05, 4.69) is 10.6 Å². The molecule has 2 rings (SSSR count). The molecule has 0 spiro atoms. The third-order valence-electron chi connectivity index (χ3n) is 3.76. The highest BCUT2D eigenvalue weighted by molar-refractivity contribution is 5.85. The number of benzene rings is 1. The van der Waals surface area contributed by atoms with E-state index in [1.807, 2.05) is 0 Å². The molecule has 2 N–H and O–H groups in total. The first-order valence-corrected chi connectivity index (χ1v) is 6.76. The second-order valence-corrected chi connectivity index (χ2v) is 5.48. The number of aldehydes is 1. The lowest BCUT2D eigenvalue weighted by Gasteiger charge is -2.32. The molecule has 1 aliphatic rings. The van der Waals surface area contributed by atoms with Crippen LogP contribution in [0.2, 0.25) is 0 Å². The number of carbonyl (C=O) groups is 2. The van der Waals surface area contributed by atoms with E-state index in [0.717, 1.165) is 11.8 Å². The van der Waals surface area contributed by atoms with Crippen LogP contribution < -0.4 is 10.6 Å². The fraction of sp³-hybridized carbons (Fsp3) is 0.467. The van der Waals surface area contributed by atoms with Crippen LogP contribution >= 0.6 is 0 Å². The Bertz CT molecular complexity index is 506. The smallest absolute Gasteiger partial charge is 0.228 e. The second-order valence-electron chi connectivity index (χ2n) is 5.48. The average Bonchev–Trinajstić information content (AvgIpc) is 2.41. The largest absolute Gasteiger partial charge is 0.349 e. The number of halogens is 1. The fourth-order valence-corrected chi connectivity index (χ4v) is 2.42. The van der Waals surface area contributed by atoms with Gasteiger partial charge in [-0.2, -0.15) is 0 Å². The summed E-state index contributed by atoms with van der Waals surface area (Å²) in [5.74, 6) is -0.492. The zero-order valence-electron chi connectivity index (χ0n) is 11.5. The predicted molar refractivity (Wildman–Crippen MR) is 73.6 cm³/mol. The minimum atomic E-state index is -0.756. The molecule has 1 amide bonds. The Hall–Kier alpha value is -1.75. The number of nitrogens with one attached hydrogen (secondary N) is 2. The van der Waals surface area contributed by atoms with Gasteiger partial charge in [-0.25, -0.2) is 4.39 Å². The van der Waals surface area contributed by atoms with E-state index in [1.54, 1.807) is 19.1 Å². The van der Waals surface area contributed by atoms with E-state index < -0.39 is 5.41 Å². The first kappa shape index (κ1) is 14.7. The van der Waals surface area contributed by atoms with E-state index in [4.69, 9.17) is 0 Å². The van der Waals surface area contributed by atoms with Crippen molar-refractivity contribution in [2.24, 2.45) is 5.41 Å². The summed E-state index contributed by atoms with van der Waals surface area (Å²) < 4.78 is 13.3. The van der Waals surface area contributed by atoms with Gasteiger partial charge >= 0.3 is 0 Å². The van der Waals surface area contributed by atoms with Crippen LogP contribution in [0, 0.1) is 11.2 Å². The summed E-state index contributed by atoms with van der Waals surface area (Å²) >= 11 is 0. The summed E-state index contributed by atoms with van der Waals surface area (Å²) in [5, 5.41) is 6.13.